The highest BCUT2D eigenvalue weighted by Gasteiger charge is 2.53. The van der Waals surface area contributed by atoms with Gasteiger partial charge >= 0.3 is 13.6 Å². The van der Waals surface area contributed by atoms with E-state index in [0.717, 1.165) is 25.7 Å². The van der Waals surface area contributed by atoms with E-state index in [1.807, 2.05) is 0 Å². The quantitative estimate of drug-likeness (QED) is 0.221. The van der Waals surface area contributed by atoms with Gasteiger partial charge in [-0.2, -0.15) is 0 Å². The van der Waals surface area contributed by atoms with Gasteiger partial charge < -0.3 is 24.2 Å². The van der Waals surface area contributed by atoms with Gasteiger partial charge in [-0.25, -0.2) is 4.57 Å². The molecule has 11 nitrogen and oxygen atoms in total. The SMILES string of the molecule is C[C@H](C[P@](=O)(OC[C@H]1O[C@@H](n2ccc(=O)[nH]c2=S)C(C)(O)[C@H]1O)Oc1ccccc1)C(=O)OC1CCCC1. The van der Waals surface area contributed by atoms with Crippen molar-refractivity contribution in [1.82, 2.24) is 9.55 Å². The molecule has 1 saturated heterocycles. The second kappa shape index (κ2) is 11.8. The van der Waals surface area contributed by atoms with Crippen molar-refractivity contribution in [3.8, 4) is 5.75 Å². The van der Waals surface area contributed by atoms with Crippen molar-refractivity contribution in [1.29, 1.82) is 0 Å². The van der Waals surface area contributed by atoms with Gasteiger partial charge in [-0.1, -0.05) is 25.1 Å². The molecule has 2 heterocycles. The Labute approximate surface area is 225 Å². The van der Waals surface area contributed by atoms with Crippen LogP contribution in [0.1, 0.15) is 45.8 Å². The number of carbonyl (C=O) groups excluding carboxylic acids is 1. The Hall–Kier alpha value is -2.34. The summed E-state index contributed by atoms with van der Waals surface area (Å²) in [4.78, 5) is 26.7. The maximum Gasteiger partial charge on any atom is 0.380 e. The lowest BCUT2D eigenvalue weighted by molar-refractivity contribution is -0.152. The number of esters is 1. The van der Waals surface area contributed by atoms with Gasteiger partial charge in [-0.3, -0.25) is 23.7 Å². The third-order valence-corrected chi connectivity index (χ3v) is 9.11. The van der Waals surface area contributed by atoms with Gasteiger partial charge in [0.2, 0.25) is 0 Å². The van der Waals surface area contributed by atoms with E-state index >= 15 is 0 Å². The van der Waals surface area contributed by atoms with Crippen LogP contribution in [0.4, 0.5) is 0 Å². The first kappa shape index (κ1) is 28.7. The van der Waals surface area contributed by atoms with Crippen molar-refractivity contribution < 1.29 is 38.1 Å². The van der Waals surface area contributed by atoms with Crippen molar-refractivity contribution in [2.75, 3.05) is 12.8 Å². The summed E-state index contributed by atoms with van der Waals surface area (Å²) in [7, 11) is -3.97. The van der Waals surface area contributed by atoms with E-state index < -0.39 is 55.7 Å². The second-order valence-corrected chi connectivity index (χ2v) is 12.4. The molecule has 0 bridgehead atoms. The third-order valence-electron chi connectivity index (χ3n) is 6.77. The van der Waals surface area contributed by atoms with Crippen LogP contribution in [0.15, 0.2) is 47.4 Å². The van der Waals surface area contributed by atoms with Gasteiger partial charge in [-0.15, -0.1) is 0 Å². The minimum atomic E-state index is -3.97. The summed E-state index contributed by atoms with van der Waals surface area (Å²) < 4.78 is 38.1. The summed E-state index contributed by atoms with van der Waals surface area (Å²) in [6, 6.07) is 9.61. The molecule has 1 saturated carbocycles. The van der Waals surface area contributed by atoms with E-state index in [-0.39, 0.29) is 22.8 Å². The Kier molecular flexibility index (Phi) is 8.91. The maximum atomic E-state index is 13.9. The van der Waals surface area contributed by atoms with Crippen LogP contribution in [0.2, 0.25) is 0 Å². The van der Waals surface area contributed by atoms with Crippen LogP contribution < -0.4 is 10.1 Å². The Balaban J connectivity index is 1.49. The molecular formula is C25H33N2O9PS. The molecule has 1 unspecified atom stereocenters. The van der Waals surface area contributed by atoms with Crippen LogP contribution >= 0.6 is 19.8 Å². The third kappa shape index (κ3) is 6.62. The van der Waals surface area contributed by atoms with Crippen LogP contribution in [-0.4, -0.2) is 62.4 Å². The fourth-order valence-corrected chi connectivity index (χ4v) is 6.76. The number of aromatic nitrogens is 2. The largest absolute Gasteiger partial charge is 0.462 e. The first-order valence-electron chi connectivity index (χ1n) is 12.5. The summed E-state index contributed by atoms with van der Waals surface area (Å²) in [6.45, 7) is 2.54. The zero-order valence-corrected chi connectivity index (χ0v) is 22.9. The van der Waals surface area contributed by atoms with Gasteiger partial charge in [-0.05, 0) is 57.0 Å². The second-order valence-electron chi connectivity index (χ2n) is 9.95. The van der Waals surface area contributed by atoms with Gasteiger partial charge in [0.05, 0.1) is 18.7 Å². The van der Waals surface area contributed by atoms with Crippen molar-refractivity contribution in [3.63, 3.8) is 0 Å². The van der Waals surface area contributed by atoms with E-state index in [9.17, 15) is 24.4 Å². The molecule has 0 radical (unpaired) electrons. The first-order valence-corrected chi connectivity index (χ1v) is 14.7. The summed E-state index contributed by atoms with van der Waals surface area (Å²) in [5, 5.41) is 21.8. The molecule has 13 heteroatoms. The number of nitrogens with one attached hydrogen (secondary N) is 1. The molecule has 6 atom stereocenters. The molecule has 2 aromatic rings. The lowest BCUT2D eigenvalue weighted by Gasteiger charge is -2.28. The number of benzene rings is 1. The highest BCUT2D eigenvalue weighted by Crippen LogP contribution is 2.51. The summed E-state index contributed by atoms with van der Waals surface area (Å²) in [5.41, 5.74) is -2.25. The van der Waals surface area contributed by atoms with E-state index in [0.29, 0.717) is 0 Å². The number of carbonyl (C=O) groups is 1. The molecule has 1 aromatic carbocycles. The standard InChI is InChI=1S/C25H33N2O9PS/c1-16(22(30)34-17-8-6-7-9-17)15-37(32,36-18-10-4-3-5-11-18)33-14-19-21(29)25(2,31)23(35-19)27-13-12-20(28)26-24(27)38/h3-5,10-13,16-17,19,21,23,29,31H,6-9,14-15H2,1-2H3,(H,26,28,38)/t16-,19-,21+,23-,25?,37+/m1/s1. The molecule has 0 amide bonds. The predicted molar refractivity (Wildman–Crippen MR) is 139 cm³/mol. The molecule has 1 aliphatic heterocycles. The van der Waals surface area contributed by atoms with Crippen LogP contribution in [0, 0.1) is 10.7 Å². The number of aromatic amines is 1. The number of aliphatic hydroxyl groups excluding tert-OH is 1. The fraction of sp³-hybridized carbons (Fsp3) is 0.560. The van der Waals surface area contributed by atoms with E-state index in [2.05, 4.69) is 4.98 Å². The highest BCUT2D eigenvalue weighted by atomic mass is 32.1. The van der Waals surface area contributed by atoms with Gasteiger partial charge in [0, 0.05) is 12.3 Å². The van der Waals surface area contributed by atoms with Crippen LogP contribution in [0.3, 0.4) is 0 Å². The van der Waals surface area contributed by atoms with E-state index in [1.54, 1.807) is 37.3 Å². The number of aliphatic hydroxyl groups is 2. The Morgan fingerprint density at radius 3 is 2.63 bits per heavy atom. The van der Waals surface area contributed by atoms with Crippen LogP contribution in [0.5, 0.6) is 5.75 Å². The minimum absolute atomic E-state index is 0.00998. The molecular weight excluding hydrogens is 535 g/mol. The van der Waals surface area contributed by atoms with Gasteiger partial charge in [0.15, 0.2) is 11.0 Å². The summed E-state index contributed by atoms with van der Waals surface area (Å²) in [5.74, 6) is -0.982. The normalized spacial score (nSPS) is 28.1. The lowest BCUT2D eigenvalue weighted by Crippen LogP contribution is -2.44. The number of hydrogen-bond donors (Lipinski definition) is 3. The van der Waals surface area contributed by atoms with Gasteiger partial charge in [0.25, 0.3) is 5.56 Å². The molecule has 2 aliphatic rings. The number of para-hydroxylation sites is 1. The Morgan fingerprint density at radius 1 is 1.29 bits per heavy atom. The topological polar surface area (TPSA) is 149 Å². The van der Waals surface area contributed by atoms with Crippen molar-refractivity contribution in [2.24, 2.45) is 5.92 Å². The number of rotatable bonds is 10. The van der Waals surface area contributed by atoms with E-state index in [1.165, 1.54) is 23.8 Å². The number of hydrogen-bond acceptors (Lipinski definition) is 10. The zero-order valence-electron chi connectivity index (χ0n) is 21.2. The highest BCUT2D eigenvalue weighted by molar-refractivity contribution is 7.71. The lowest BCUT2D eigenvalue weighted by atomic mass is 9.96. The predicted octanol–water partition coefficient (Wildman–Crippen LogP) is 3.33. The summed E-state index contributed by atoms with van der Waals surface area (Å²) >= 11 is 5.17. The fourth-order valence-electron chi connectivity index (χ4n) is 4.63. The molecule has 2 fully saturated rings. The average Bonchev–Trinajstić information content (AvgIpc) is 3.45. The van der Waals surface area contributed by atoms with Crippen LogP contribution in [-0.2, 0) is 23.4 Å². The maximum absolute atomic E-state index is 13.9. The van der Waals surface area contributed by atoms with Crippen molar-refractivity contribution >= 4 is 25.8 Å². The molecule has 1 aliphatic carbocycles. The first-order chi connectivity index (χ1) is 18.0. The monoisotopic (exact) mass is 568 g/mol. The Morgan fingerprint density at radius 2 is 1.97 bits per heavy atom. The van der Waals surface area contributed by atoms with Crippen molar-refractivity contribution in [3.05, 3.63) is 57.7 Å². The average molecular weight is 569 g/mol. The smallest absolute Gasteiger partial charge is 0.380 e. The van der Waals surface area contributed by atoms with Crippen LogP contribution in [0.25, 0.3) is 0 Å². The zero-order chi connectivity index (χ0) is 27.5. The Bertz CT molecular complexity index is 1280. The molecule has 1 aromatic heterocycles. The van der Waals surface area contributed by atoms with Gasteiger partial charge in [0.1, 0.15) is 29.7 Å². The number of nitrogens with zero attached hydrogens (tertiary/aromatic N) is 1. The summed E-state index contributed by atoms with van der Waals surface area (Å²) in [6.07, 6.45) is 0.820. The molecule has 3 N–H and O–H groups in total. The molecule has 38 heavy (non-hydrogen) atoms. The molecule has 208 valence electrons. The molecule has 4 rings (SSSR count). The number of H-pyrrole nitrogens is 1. The molecule has 0 spiro atoms. The van der Waals surface area contributed by atoms with E-state index in [4.69, 9.17) is 30.7 Å². The van der Waals surface area contributed by atoms with Crippen molar-refractivity contribution in [2.45, 2.75) is 69.7 Å². The number of ether oxygens (including phenoxy) is 2. The minimum Gasteiger partial charge on any atom is -0.462 e.